The average molecular weight is 263 g/mol. The van der Waals surface area contributed by atoms with Gasteiger partial charge >= 0.3 is 0 Å². The van der Waals surface area contributed by atoms with Crippen molar-refractivity contribution in [1.29, 1.82) is 0 Å². The molecule has 94 valence electrons. The van der Waals surface area contributed by atoms with Gasteiger partial charge in [-0.3, -0.25) is 9.78 Å². The van der Waals surface area contributed by atoms with Crippen LogP contribution in [0.1, 0.15) is 15.2 Å². The minimum absolute atomic E-state index is 0.0337. The quantitative estimate of drug-likeness (QED) is 0.778. The summed E-state index contributed by atoms with van der Waals surface area (Å²) >= 11 is 1.46. The molecule has 0 saturated carbocycles. The molecule has 0 bridgehead atoms. The van der Waals surface area contributed by atoms with Crippen molar-refractivity contribution in [3.8, 4) is 11.5 Å². The molecule has 18 heavy (non-hydrogen) atoms. The predicted octanol–water partition coefficient (Wildman–Crippen LogP) is 2.59. The van der Waals surface area contributed by atoms with Gasteiger partial charge in [0.2, 0.25) is 0 Å². The van der Waals surface area contributed by atoms with E-state index in [4.69, 9.17) is 9.47 Å². The molecule has 0 aliphatic heterocycles. The van der Waals surface area contributed by atoms with Crippen LogP contribution in [0.5, 0.6) is 11.5 Å². The van der Waals surface area contributed by atoms with Crippen LogP contribution in [0, 0.1) is 0 Å². The van der Waals surface area contributed by atoms with Gasteiger partial charge in [-0.2, -0.15) is 0 Å². The van der Waals surface area contributed by atoms with Gasteiger partial charge in [-0.05, 0) is 12.1 Å². The van der Waals surface area contributed by atoms with E-state index in [2.05, 4.69) is 4.98 Å². The van der Waals surface area contributed by atoms with Gasteiger partial charge in [0.25, 0.3) is 0 Å². The number of thiazole rings is 1. The summed E-state index contributed by atoms with van der Waals surface area (Å²) < 4.78 is 10.4. The lowest BCUT2D eigenvalue weighted by Crippen LogP contribution is -2.07. The fraction of sp³-hybridized carbons (Fsp3) is 0.231. The van der Waals surface area contributed by atoms with Crippen LogP contribution in [-0.2, 0) is 6.42 Å². The highest BCUT2D eigenvalue weighted by atomic mass is 32.1. The summed E-state index contributed by atoms with van der Waals surface area (Å²) in [4.78, 5) is 17.2. The molecule has 0 unspecified atom stereocenters. The van der Waals surface area contributed by atoms with E-state index in [0.717, 1.165) is 4.88 Å². The summed E-state index contributed by atoms with van der Waals surface area (Å²) in [5.41, 5.74) is 2.19. The van der Waals surface area contributed by atoms with E-state index in [1.165, 1.54) is 25.6 Å². The van der Waals surface area contributed by atoms with Gasteiger partial charge in [0, 0.05) is 17.5 Å². The number of ether oxygens (including phenoxy) is 2. The number of nitrogens with zero attached hydrogens (tertiary/aromatic N) is 1. The first-order valence-electron chi connectivity index (χ1n) is 5.37. The Labute approximate surface area is 109 Å². The summed E-state index contributed by atoms with van der Waals surface area (Å²) in [6.45, 7) is 0. The second kappa shape index (κ2) is 5.64. The molecule has 2 aromatic rings. The van der Waals surface area contributed by atoms with Crippen LogP contribution in [0.2, 0.25) is 0 Å². The van der Waals surface area contributed by atoms with E-state index in [1.807, 2.05) is 0 Å². The Morgan fingerprint density at radius 1 is 1.28 bits per heavy atom. The zero-order valence-electron chi connectivity index (χ0n) is 10.2. The highest BCUT2D eigenvalue weighted by Gasteiger charge is 2.18. The van der Waals surface area contributed by atoms with E-state index < -0.39 is 0 Å². The number of methoxy groups -OCH3 is 2. The molecule has 0 N–H and O–H groups in total. The Hall–Kier alpha value is -1.88. The van der Waals surface area contributed by atoms with Crippen molar-refractivity contribution in [2.75, 3.05) is 14.2 Å². The average Bonchev–Trinajstić information content (AvgIpc) is 2.90. The summed E-state index contributed by atoms with van der Waals surface area (Å²) in [5, 5.41) is 0. The van der Waals surface area contributed by atoms with E-state index in [-0.39, 0.29) is 5.78 Å². The molecule has 0 amide bonds. The van der Waals surface area contributed by atoms with Gasteiger partial charge in [0.1, 0.15) is 17.1 Å². The minimum atomic E-state index is -0.0337. The highest BCUT2D eigenvalue weighted by Crippen LogP contribution is 2.29. The molecular weight excluding hydrogens is 250 g/mol. The molecule has 0 fully saturated rings. The Bertz CT molecular complexity index is 515. The summed E-state index contributed by atoms with van der Waals surface area (Å²) in [6, 6.07) is 5.30. The number of rotatable bonds is 5. The third-order valence-corrected chi connectivity index (χ3v) is 3.30. The molecule has 2 rings (SSSR count). The molecule has 0 radical (unpaired) electrons. The maximum absolute atomic E-state index is 12.3. The summed E-state index contributed by atoms with van der Waals surface area (Å²) in [5.74, 6) is 1.03. The number of hydrogen-bond donors (Lipinski definition) is 0. The summed E-state index contributed by atoms with van der Waals surface area (Å²) in [7, 11) is 3.08. The zero-order valence-corrected chi connectivity index (χ0v) is 11.0. The number of ketones is 1. The Morgan fingerprint density at radius 2 is 1.94 bits per heavy atom. The first-order valence-corrected chi connectivity index (χ1v) is 6.25. The number of benzene rings is 1. The number of carbonyl (C=O) groups is 1. The molecule has 4 nitrogen and oxygen atoms in total. The normalized spacial score (nSPS) is 10.1. The van der Waals surface area contributed by atoms with Crippen LogP contribution in [0.3, 0.4) is 0 Å². The fourth-order valence-corrected chi connectivity index (χ4v) is 2.30. The SMILES string of the molecule is COc1cccc(OC)c1C(=O)Cc1cncs1. The predicted molar refractivity (Wildman–Crippen MR) is 69.7 cm³/mol. The summed E-state index contributed by atoms with van der Waals surface area (Å²) in [6.07, 6.45) is 2.01. The lowest BCUT2D eigenvalue weighted by molar-refractivity contribution is 0.0987. The van der Waals surface area contributed by atoms with Gasteiger partial charge in [0.15, 0.2) is 5.78 Å². The lowest BCUT2D eigenvalue weighted by Gasteiger charge is -2.11. The topological polar surface area (TPSA) is 48.4 Å². The molecule has 0 atom stereocenters. The van der Waals surface area contributed by atoms with E-state index in [1.54, 1.807) is 29.9 Å². The standard InChI is InChI=1S/C13H13NO3S/c1-16-11-4-3-5-12(17-2)13(11)10(15)6-9-7-14-8-18-9/h3-5,7-8H,6H2,1-2H3. The van der Waals surface area contributed by atoms with Crippen molar-refractivity contribution in [3.05, 3.63) is 40.3 Å². The molecule has 1 aromatic heterocycles. The van der Waals surface area contributed by atoms with E-state index >= 15 is 0 Å². The number of hydrogen-bond acceptors (Lipinski definition) is 5. The number of aromatic nitrogens is 1. The van der Waals surface area contributed by atoms with E-state index in [9.17, 15) is 4.79 Å². The van der Waals surface area contributed by atoms with Gasteiger partial charge in [-0.1, -0.05) is 6.07 Å². The first kappa shape index (κ1) is 12.6. The maximum Gasteiger partial charge on any atom is 0.175 e. The molecule has 0 spiro atoms. The minimum Gasteiger partial charge on any atom is -0.496 e. The molecule has 0 saturated heterocycles. The van der Waals surface area contributed by atoms with Crippen molar-refractivity contribution in [2.24, 2.45) is 0 Å². The van der Waals surface area contributed by atoms with Crippen molar-refractivity contribution < 1.29 is 14.3 Å². The van der Waals surface area contributed by atoms with E-state index in [0.29, 0.717) is 23.5 Å². The Morgan fingerprint density at radius 3 is 2.44 bits per heavy atom. The molecular formula is C13H13NO3S. The maximum atomic E-state index is 12.3. The van der Waals surface area contributed by atoms with Gasteiger partial charge in [-0.15, -0.1) is 11.3 Å². The van der Waals surface area contributed by atoms with Crippen LogP contribution in [0.15, 0.2) is 29.9 Å². The fourth-order valence-electron chi connectivity index (χ4n) is 1.70. The highest BCUT2D eigenvalue weighted by molar-refractivity contribution is 7.09. The molecule has 1 aromatic carbocycles. The lowest BCUT2D eigenvalue weighted by atomic mass is 10.1. The smallest absolute Gasteiger partial charge is 0.175 e. The monoisotopic (exact) mass is 263 g/mol. The molecule has 0 aliphatic rings. The largest absolute Gasteiger partial charge is 0.496 e. The Kier molecular flexibility index (Phi) is 3.94. The number of carbonyl (C=O) groups excluding carboxylic acids is 1. The second-order valence-corrected chi connectivity index (χ2v) is 4.58. The van der Waals surface area contributed by atoms with Crippen molar-refractivity contribution >= 4 is 17.1 Å². The van der Waals surface area contributed by atoms with Crippen LogP contribution < -0.4 is 9.47 Å². The number of Topliss-reactive ketones (excluding diaryl/α,β-unsaturated/α-hetero) is 1. The van der Waals surface area contributed by atoms with Crippen molar-refractivity contribution in [1.82, 2.24) is 4.98 Å². The zero-order chi connectivity index (χ0) is 13.0. The van der Waals surface area contributed by atoms with Crippen LogP contribution >= 0.6 is 11.3 Å². The Balaban J connectivity index is 2.33. The van der Waals surface area contributed by atoms with Crippen molar-refractivity contribution in [3.63, 3.8) is 0 Å². The molecule has 1 heterocycles. The van der Waals surface area contributed by atoms with Crippen LogP contribution in [0.4, 0.5) is 0 Å². The van der Waals surface area contributed by atoms with Gasteiger partial charge < -0.3 is 9.47 Å². The third kappa shape index (κ3) is 2.51. The van der Waals surface area contributed by atoms with Crippen molar-refractivity contribution in [2.45, 2.75) is 6.42 Å². The first-order chi connectivity index (χ1) is 8.76. The van der Waals surface area contributed by atoms with Gasteiger partial charge in [0.05, 0.1) is 19.7 Å². The second-order valence-electron chi connectivity index (χ2n) is 3.61. The van der Waals surface area contributed by atoms with Crippen LogP contribution in [-0.4, -0.2) is 25.0 Å². The van der Waals surface area contributed by atoms with Gasteiger partial charge in [-0.25, -0.2) is 0 Å². The molecule has 5 heteroatoms. The van der Waals surface area contributed by atoms with Crippen LogP contribution in [0.25, 0.3) is 0 Å². The third-order valence-electron chi connectivity index (χ3n) is 2.52. The molecule has 0 aliphatic carbocycles.